The van der Waals surface area contributed by atoms with Crippen molar-refractivity contribution in [3.05, 3.63) is 53.7 Å². The lowest BCUT2D eigenvalue weighted by Crippen LogP contribution is -2.26. The number of hydrogen-bond donors (Lipinski definition) is 2. The van der Waals surface area contributed by atoms with Crippen molar-refractivity contribution in [2.75, 3.05) is 5.32 Å². The second-order valence-corrected chi connectivity index (χ2v) is 6.51. The second-order valence-electron chi connectivity index (χ2n) is 6.51. The maximum Gasteiger partial charge on any atom is 0.234 e. The molecule has 0 saturated heterocycles. The minimum absolute atomic E-state index is 0.0631. The maximum absolute atomic E-state index is 12.2. The van der Waals surface area contributed by atoms with Crippen molar-refractivity contribution in [1.29, 1.82) is 0 Å². The Morgan fingerprint density at radius 1 is 1.05 bits per heavy atom. The van der Waals surface area contributed by atoms with Gasteiger partial charge < -0.3 is 10.3 Å². The summed E-state index contributed by atoms with van der Waals surface area (Å²) in [7, 11) is 0. The van der Waals surface area contributed by atoms with Crippen LogP contribution in [-0.2, 0) is 10.2 Å². The summed E-state index contributed by atoms with van der Waals surface area (Å²) in [6, 6.07) is 14.6. The molecule has 110 valence electrons. The van der Waals surface area contributed by atoms with Crippen LogP contribution in [0.1, 0.15) is 25.1 Å². The van der Waals surface area contributed by atoms with Gasteiger partial charge in [0.05, 0.1) is 5.41 Å². The van der Waals surface area contributed by atoms with Crippen LogP contribution in [0.5, 0.6) is 0 Å². The SMILES string of the molecule is Cc1[nH]c2cc3c(cc2c1-c1ccccc1)C(C)(C)C(=O)N3. The average Bonchev–Trinajstić information content (AvgIpc) is 2.92. The fourth-order valence-corrected chi connectivity index (χ4v) is 3.37. The molecule has 1 aliphatic heterocycles. The molecular weight excluding hydrogens is 272 g/mol. The van der Waals surface area contributed by atoms with E-state index < -0.39 is 5.41 Å². The summed E-state index contributed by atoms with van der Waals surface area (Å²) >= 11 is 0. The smallest absolute Gasteiger partial charge is 0.234 e. The number of aryl methyl sites for hydroxylation is 1. The van der Waals surface area contributed by atoms with Gasteiger partial charge in [-0.15, -0.1) is 0 Å². The van der Waals surface area contributed by atoms with Crippen LogP contribution in [0, 0.1) is 6.92 Å². The number of rotatable bonds is 1. The lowest BCUT2D eigenvalue weighted by molar-refractivity contribution is -0.119. The molecule has 0 fully saturated rings. The predicted octanol–water partition coefficient (Wildman–Crippen LogP) is 4.37. The van der Waals surface area contributed by atoms with Gasteiger partial charge in [-0.05, 0) is 44.0 Å². The molecule has 2 heterocycles. The van der Waals surface area contributed by atoms with E-state index >= 15 is 0 Å². The molecule has 4 rings (SSSR count). The Balaban J connectivity index is 2.03. The number of nitrogens with one attached hydrogen (secondary N) is 2. The highest BCUT2D eigenvalue weighted by molar-refractivity contribution is 6.10. The Morgan fingerprint density at radius 3 is 2.50 bits per heavy atom. The van der Waals surface area contributed by atoms with Gasteiger partial charge in [0, 0.05) is 27.8 Å². The van der Waals surface area contributed by atoms with E-state index in [1.807, 2.05) is 19.9 Å². The molecule has 22 heavy (non-hydrogen) atoms. The molecule has 0 radical (unpaired) electrons. The average molecular weight is 290 g/mol. The number of benzene rings is 2. The lowest BCUT2D eigenvalue weighted by atomic mass is 9.85. The van der Waals surface area contributed by atoms with Gasteiger partial charge in [-0.3, -0.25) is 4.79 Å². The van der Waals surface area contributed by atoms with Crippen LogP contribution in [0.15, 0.2) is 42.5 Å². The Labute approximate surface area is 129 Å². The summed E-state index contributed by atoms with van der Waals surface area (Å²) in [5.74, 6) is 0.0631. The molecule has 1 aromatic heterocycles. The van der Waals surface area contributed by atoms with Gasteiger partial charge in [0.25, 0.3) is 0 Å². The molecule has 0 atom stereocenters. The predicted molar refractivity (Wildman–Crippen MR) is 90.1 cm³/mol. The first-order valence-electron chi connectivity index (χ1n) is 7.52. The number of H-pyrrole nitrogens is 1. The van der Waals surface area contributed by atoms with E-state index in [2.05, 4.69) is 53.6 Å². The Bertz CT molecular complexity index is 904. The number of aromatic nitrogens is 1. The molecule has 0 saturated carbocycles. The molecular formula is C19H18N2O. The number of amides is 1. The van der Waals surface area contributed by atoms with Crippen molar-refractivity contribution in [3.8, 4) is 11.1 Å². The molecule has 0 aliphatic carbocycles. The van der Waals surface area contributed by atoms with Crippen molar-refractivity contribution < 1.29 is 4.79 Å². The molecule has 0 bridgehead atoms. The molecule has 3 heteroatoms. The van der Waals surface area contributed by atoms with Gasteiger partial charge in [-0.2, -0.15) is 0 Å². The van der Waals surface area contributed by atoms with Crippen LogP contribution in [-0.4, -0.2) is 10.9 Å². The van der Waals surface area contributed by atoms with Crippen LogP contribution in [0.25, 0.3) is 22.0 Å². The molecule has 2 N–H and O–H groups in total. The number of hydrogen-bond acceptors (Lipinski definition) is 1. The molecule has 2 aromatic carbocycles. The van der Waals surface area contributed by atoms with Crippen LogP contribution in [0.4, 0.5) is 5.69 Å². The van der Waals surface area contributed by atoms with E-state index in [1.54, 1.807) is 0 Å². The van der Waals surface area contributed by atoms with E-state index in [1.165, 1.54) is 16.5 Å². The van der Waals surface area contributed by atoms with Gasteiger partial charge in [0.15, 0.2) is 0 Å². The zero-order chi connectivity index (χ0) is 15.5. The van der Waals surface area contributed by atoms with Crippen molar-refractivity contribution in [2.24, 2.45) is 0 Å². The van der Waals surface area contributed by atoms with E-state index in [9.17, 15) is 4.79 Å². The summed E-state index contributed by atoms with van der Waals surface area (Å²) in [4.78, 5) is 15.6. The van der Waals surface area contributed by atoms with E-state index in [0.29, 0.717) is 0 Å². The van der Waals surface area contributed by atoms with Gasteiger partial charge in [0.1, 0.15) is 0 Å². The highest BCUT2D eigenvalue weighted by Crippen LogP contribution is 2.42. The second kappa shape index (κ2) is 4.23. The zero-order valence-electron chi connectivity index (χ0n) is 12.9. The number of anilines is 1. The Morgan fingerprint density at radius 2 is 1.77 bits per heavy atom. The standard InChI is InChI=1S/C19H18N2O/c1-11-17(12-7-5-4-6-8-12)13-9-14-16(10-15(13)20-11)21-18(22)19(14,2)3/h4-10,20H,1-3H3,(H,21,22). The van der Waals surface area contributed by atoms with Crippen molar-refractivity contribution in [2.45, 2.75) is 26.2 Å². The first-order valence-corrected chi connectivity index (χ1v) is 7.52. The number of aromatic amines is 1. The van der Waals surface area contributed by atoms with Crippen molar-refractivity contribution >= 4 is 22.5 Å². The van der Waals surface area contributed by atoms with Gasteiger partial charge in [-0.25, -0.2) is 0 Å². The summed E-state index contributed by atoms with van der Waals surface area (Å²) in [5, 5.41) is 4.16. The quantitative estimate of drug-likeness (QED) is 0.686. The van der Waals surface area contributed by atoms with Gasteiger partial charge in [0.2, 0.25) is 5.91 Å². The van der Waals surface area contributed by atoms with Crippen LogP contribution in [0.2, 0.25) is 0 Å². The largest absolute Gasteiger partial charge is 0.358 e. The van der Waals surface area contributed by atoms with Crippen LogP contribution in [0.3, 0.4) is 0 Å². The zero-order valence-corrected chi connectivity index (χ0v) is 12.9. The lowest BCUT2D eigenvalue weighted by Gasteiger charge is -2.15. The summed E-state index contributed by atoms with van der Waals surface area (Å²) < 4.78 is 0. The topological polar surface area (TPSA) is 44.9 Å². The minimum atomic E-state index is -0.483. The Hall–Kier alpha value is -2.55. The van der Waals surface area contributed by atoms with Crippen LogP contribution < -0.4 is 5.32 Å². The first-order chi connectivity index (χ1) is 10.5. The monoisotopic (exact) mass is 290 g/mol. The minimum Gasteiger partial charge on any atom is -0.358 e. The van der Waals surface area contributed by atoms with E-state index in [0.717, 1.165) is 22.5 Å². The van der Waals surface area contributed by atoms with Gasteiger partial charge in [-0.1, -0.05) is 30.3 Å². The van der Waals surface area contributed by atoms with E-state index in [4.69, 9.17) is 0 Å². The highest BCUT2D eigenvalue weighted by atomic mass is 16.2. The number of carbonyl (C=O) groups is 1. The summed E-state index contributed by atoms with van der Waals surface area (Å²) in [6.45, 7) is 6.04. The van der Waals surface area contributed by atoms with Crippen molar-refractivity contribution in [1.82, 2.24) is 4.98 Å². The fourth-order valence-electron chi connectivity index (χ4n) is 3.37. The van der Waals surface area contributed by atoms with Gasteiger partial charge >= 0.3 is 0 Å². The number of fused-ring (bicyclic) bond motifs is 2. The molecule has 3 aromatic rings. The molecule has 0 unspecified atom stereocenters. The first kappa shape index (κ1) is 13.1. The third-order valence-corrected chi connectivity index (χ3v) is 4.68. The van der Waals surface area contributed by atoms with Crippen molar-refractivity contribution in [3.63, 3.8) is 0 Å². The van der Waals surface area contributed by atoms with E-state index in [-0.39, 0.29) is 5.91 Å². The molecule has 1 aliphatic rings. The molecule has 3 nitrogen and oxygen atoms in total. The third-order valence-electron chi connectivity index (χ3n) is 4.68. The maximum atomic E-state index is 12.2. The Kier molecular flexibility index (Phi) is 2.52. The fraction of sp³-hybridized carbons (Fsp3) is 0.211. The van der Waals surface area contributed by atoms with Crippen LogP contribution >= 0.6 is 0 Å². The summed E-state index contributed by atoms with van der Waals surface area (Å²) in [5.41, 5.74) is 6.13. The highest BCUT2D eigenvalue weighted by Gasteiger charge is 2.38. The molecule has 0 spiro atoms. The normalized spacial score (nSPS) is 15.9. The molecule has 1 amide bonds. The third kappa shape index (κ3) is 1.65. The summed E-state index contributed by atoms with van der Waals surface area (Å²) in [6.07, 6.45) is 0. The number of carbonyl (C=O) groups excluding carboxylic acids is 1.